The predicted octanol–water partition coefficient (Wildman–Crippen LogP) is 5.10. The van der Waals surface area contributed by atoms with Gasteiger partial charge in [-0.05, 0) is 48.0 Å². The van der Waals surface area contributed by atoms with Crippen LogP contribution < -0.4 is 10.6 Å². The van der Waals surface area contributed by atoms with Gasteiger partial charge in [-0.15, -0.1) is 11.3 Å². The average molecular weight is 401 g/mol. The molecule has 0 aliphatic rings. The van der Waals surface area contributed by atoms with E-state index in [1.54, 1.807) is 35.6 Å². The van der Waals surface area contributed by atoms with E-state index in [1.165, 1.54) is 6.92 Å². The minimum atomic E-state index is -0.172. The van der Waals surface area contributed by atoms with Crippen molar-refractivity contribution >= 4 is 44.7 Å². The third kappa shape index (κ3) is 4.50. The molecule has 2 N–H and O–H groups in total. The van der Waals surface area contributed by atoms with E-state index in [9.17, 15) is 9.59 Å². The molecule has 5 nitrogen and oxygen atoms in total. The Labute approximate surface area is 172 Å². The van der Waals surface area contributed by atoms with Gasteiger partial charge in [0.05, 0.1) is 15.2 Å². The summed E-state index contributed by atoms with van der Waals surface area (Å²) in [5.74, 6) is -0.306. The molecule has 0 atom stereocenters. The van der Waals surface area contributed by atoms with E-state index in [-0.39, 0.29) is 11.8 Å². The molecular formula is C23H19N3O2S. The maximum absolute atomic E-state index is 12.9. The molecular weight excluding hydrogens is 382 g/mol. The van der Waals surface area contributed by atoms with Gasteiger partial charge >= 0.3 is 0 Å². The van der Waals surface area contributed by atoms with Gasteiger partial charge in [0.1, 0.15) is 0 Å². The largest absolute Gasteiger partial charge is 0.326 e. The van der Waals surface area contributed by atoms with Crippen molar-refractivity contribution in [3.8, 4) is 0 Å². The molecule has 29 heavy (non-hydrogen) atoms. The van der Waals surface area contributed by atoms with E-state index < -0.39 is 0 Å². The lowest BCUT2D eigenvalue weighted by atomic mass is 10.0. The molecule has 4 rings (SSSR count). The summed E-state index contributed by atoms with van der Waals surface area (Å²) in [7, 11) is 0. The molecule has 0 radical (unpaired) electrons. The van der Waals surface area contributed by atoms with Crippen molar-refractivity contribution in [2.75, 3.05) is 10.6 Å². The van der Waals surface area contributed by atoms with Gasteiger partial charge in [-0.25, -0.2) is 4.98 Å². The lowest BCUT2D eigenvalue weighted by Crippen LogP contribution is -2.14. The zero-order valence-corrected chi connectivity index (χ0v) is 16.6. The highest BCUT2D eigenvalue weighted by Gasteiger charge is 2.13. The molecule has 3 aromatic carbocycles. The van der Waals surface area contributed by atoms with E-state index in [4.69, 9.17) is 0 Å². The van der Waals surface area contributed by atoms with Crippen LogP contribution in [0.3, 0.4) is 0 Å². The Kier molecular flexibility index (Phi) is 5.35. The number of thiazole rings is 1. The van der Waals surface area contributed by atoms with Gasteiger partial charge in [0, 0.05) is 30.3 Å². The van der Waals surface area contributed by atoms with Crippen LogP contribution in [-0.4, -0.2) is 16.8 Å². The Bertz CT molecular complexity index is 1150. The monoisotopic (exact) mass is 401 g/mol. The van der Waals surface area contributed by atoms with Crippen molar-refractivity contribution in [3.05, 3.63) is 88.9 Å². The number of anilines is 2. The number of hydrogen-bond donors (Lipinski definition) is 2. The number of aromatic nitrogens is 1. The number of para-hydroxylation sites is 1. The number of carbonyl (C=O) groups excluding carboxylic acids is 2. The van der Waals surface area contributed by atoms with E-state index in [2.05, 4.69) is 21.7 Å². The summed E-state index contributed by atoms with van der Waals surface area (Å²) in [4.78, 5) is 28.7. The number of nitrogens with one attached hydrogen (secondary N) is 2. The molecule has 0 saturated heterocycles. The van der Waals surface area contributed by atoms with Crippen LogP contribution in [0.4, 0.5) is 11.4 Å². The fraction of sp³-hybridized carbons (Fsp3) is 0.0870. The topological polar surface area (TPSA) is 71.1 Å². The number of amides is 2. The number of carbonyl (C=O) groups is 2. The number of rotatable bonds is 5. The average Bonchev–Trinajstić information content (AvgIpc) is 3.12. The third-order valence-electron chi connectivity index (χ3n) is 4.40. The molecule has 0 saturated carbocycles. The van der Waals surface area contributed by atoms with Crippen LogP contribution in [-0.2, 0) is 11.2 Å². The Morgan fingerprint density at radius 1 is 0.862 bits per heavy atom. The number of fused-ring (bicyclic) bond motifs is 1. The summed E-state index contributed by atoms with van der Waals surface area (Å²) in [6.07, 6.45) is 0.602. The Morgan fingerprint density at radius 3 is 2.24 bits per heavy atom. The second-order valence-corrected chi connectivity index (χ2v) is 7.74. The molecule has 2 amide bonds. The minimum Gasteiger partial charge on any atom is -0.326 e. The first kappa shape index (κ1) is 18.8. The van der Waals surface area contributed by atoms with E-state index in [1.807, 2.05) is 42.5 Å². The fourth-order valence-corrected chi connectivity index (χ4v) is 4.08. The summed E-state index contributed by atoms with van der Waals surface area (Å²) < 4.78 is 1.14. The van der Waals surface area contributed by atoms with Gasteiger partial charge in [0.15, 0.2) is 0 Å². The fourth-order valence-electron chi connectivity index (χ4n) is 3.09. The highest BCUT2D eigenvalue weighted by atomic mass is 32.1. The van der Waals surface area contributed by atoms with Crippen molar-refractivity contribution < 1.29 is 9.59 Å². The zero-order valence-electron chi connectivity index (χ0n) is 15.8. The maximum Gasteiger partial charge on any atom is 0.255 e. The molecule has 4 aromatic rings. The SMILES string of the molecule is CC(=O)Nc1ccc(NC(=O)c2ccccc2Cc2nc3ccccc3s2)cc1. The van der Waals surface area contributed by atoms with Crippen LogP contribution in [0.2, 0.25) is 0 Å². The molecule has 1 aromatic heterocycles. The molecule has 144 valence electrons. The van der Waals surface area contributed by atoms with Gasteiger partial charge in [0.25, 0.3) is 5.91 Å². The molecule has 1 heterocycles. The summed E-state index contributed by atoms with van der Waals surface area (Å²) in [5, 5.41) is 6.61. The summed E-state index contributed by atoms with van der Waals surface area (Å²) in [5.41, 5.74) is 3.89. The van der Waals surface area contributed by atoms with Crippen LogP contribution in [0.15, 0.2) is 72.8 Å². The lowest BCUT2D eigenvalue weighted by molar-refractivity contribution is -0.114. The van der Waals surface area contributed by atoms with E-state index >= 15 is 0 Å². The molecule has 6 heteroatoms. The Hall–Kier alpha value is -3.51. The third-order valence-corrected chi connectivity index (χ3v) is 5.44. The van der Waals surface area contributed by atoms with Gasteiger partial charge in [-0.1, -0.05) is 30.3 Å². The van der Waals surface area contributed by atoms with Gasteiger partial charge < -0.3 is 10.6 Å². The van der Waals surface area contributed by atoms with Crippen LogP contribution in [0.5, 0.6) is 0 Å². The van der Waals surface area contributed by atoms with Crippen molar-refractivity contribution in [3.63, 3.8) is 0 Å². The highest BCUT2D eigenvalue weighted by molar-refractivity contribution is 7.18. The first-order valence-electron chi connectivity index (χ1n) is 9.20. The minimum absolute atomic E-state index is 0.134. The van der Waals surface area contributed by atoms with Crippen LogP contribution in [0.1, 0.15) is 27.9 Å². The smallest absolute Gasteiger partial charge is 0.255 e. The van der Waals surface area contributed by atoms with Gasteiger partial charge in [-0.3, -0.25) is 9.59 Å². The zero-order chi connectivity index (χ0) is 20.2. The Morgan fingerprint density at radius 2 is 1.52 bits per heavy atom. The molecule has 0 unspecified atom stereocenters. The quantitative estimate of drug-likeness (QED) is 0.489. The van der Waals surface area contributed by atoms with Crippen molar-refractivity contribution in [2.24, 2.45) is 0 Å². The van der Waals surface area contributed by atoms with Crippen molar-refractivity contribution in [2.45, 2.75) is 13.3 Å². The van der Waals surface area contributed by atoms with Gasteiger partial charge in [0.2, 0.25) is 5.91 Å². The number of benzene rings is 3. The highest BCUT2D eigenvalue weighted by Crippen LogP contribution is 2.25. The van der Waals surface area contributed by atoms with E-state index in [0.29, 0.717) is 23.4 Å². The summed E-state index contributed by atoms with van der Waals surface area (Å²) >= 11 is 1.65. The molecule has 0 fully saturated rings. The molecule has 0 aliphatic carbocycles. The maximum atomic E-state index is 12.9. The summed E-state index contributed by atoms with van der Waals surface area (Å²) in [6.45, 7) is 1.46. The second kappa shape index (κ2) is 8.24. The Balaban J connectivity index is 1.52. The first-order valence-corrected chi connectivity index (χ1v) is 10.0. The van der Waals surface area contributed by atoms with Crippen molar-refractivity contribution in [1.29, 1.82) is 0 Å². The second-order valence-electron chi connectivity index (χ2n) is 6.62. The van der Waals surface area contributed by atoms with Crippen LogP contribution in [0.25, 0.3) is 10.2 Å². The standard InChI is InChI=1S/C23H19N3O2S/c1-15(27)24-17-10-12-18(13-11-17)25-23(28)19-7-3-2-6-16(19)14-22-26-20-8-4-5-9-21(20)29-22/h2-13H,14H2,1H3,(H,24,27)(H,25,28). The number of nitrogens with zero attached hydrogens (tertiary/aromatic N) is 1. The van der Waals surface area contributed by atoms with Gasteiger partial charge in [-0.2, -0.15) is 0 Å². The first-order chi connectivity index (χ1) is 14.1. The van der Waals surface area contributed by atoms with Crippen molar-refractivity contribution in [1.82, 2.24) is 4.98 Å². The van der Waals surface area contributed by atoms with Crippen LogP contribution >= 0.6 is 11.3 Å². The molecule has 0 bridgehead atoms. The molecule has 0 aliphatic heterocycles. The number of hydrogen-bond acceptors (Lipinski definition) is 4. The van der Waals surface area contributed by atoms with E-state index in [0.717, 1.165) is 20.8 Å². The normalized spacial score (nSPS) is 10.7. The predicted molar refractivity (Wildman–Crippen MR) is 118 cm³/mol. The lowest BCUT2D eigenvalue weighted by Gasteiger charge is -2.10. The van der Waals surface area contributed by atoms with Crippen LogP contribution in [0, 0.1) is 0 Å². The molecule has 0 spiro atoms. The summed E-state index contributed by atoms with van der Waals surface area (Å²) in [6, 6.07) is 22.6.